The van der Waals surface area contributed by atoms with E-state index in [1.54, 1.807) is 28.6 Å². The van der Waals surface area contributed by atoms with Gasteiger partial charge in [0.05, 0.1) is 10.6 Å². The van der Waals surface area contributed by atoms with Gasteiger partial charge in [-0.1, -0.05) is 31.9 Å². The number of hydrogen-bond acceptors (Lipinski definition) is 5. The second-order valence-corrected chi connectivity index (χ2v) is 9.92. The van der Waals surface area contributed by atoms with Crippen molar-refractivity contribution >= 4 is 32.4 Å². The Morgan fingerprint density at radius 1 is 1.29 bits per heavy atom. The van der Waals surface area contributed by atoms with Gasteiger partial charge in [-0.2, -0.15) is 4.31 Å². The molecular formula is C20H27N3O3S2. The highest BCUT2D eigenvalue weighted by Gasteiger charge is 2.30. The van der Waals surface area contributed by atoms with Crippen LogP contribution in [-0.2, 0) is 14.8 Å². The molecule has 2 heterocycles. The molecule has 0 saturated carbocycles. The molecular weight excluding hydrogens is 394 g/mol. The number of carbonyl (C=O) groups is 1. The Hall–Kier alpha value is -1.77. The third-order valence-electron chi connectivity index (χ3n) is 5.01. The fourth-order valence-corrected chi connectivity index (χ4v) is 5.78. The summed E-state index contributed by atoms with van der Waals surface area (Å²) in [6.45, 7) is 4.60. The number of nitrogens with zero attached hydrogens (tertiary/aromatic N) is 2. The van der Waals surface area contributed by atoms with Crippen molar-refractivity contribution in [2.75, 3.05) is 11.9 Å². The van der Waals surface area contributed by atoms with E-state index in [0.29, 0.717) is 23.0 Å². The van der Waals surface area contributed by atoms with Crippen molar-refractivity contribution in [2.45, 2.75) is 63.3 Å². The Bertz CT molecular complexity index is 907. The molecule has 1 aromatic heterocycles. The van der Waals surface area contributed by atoms with E-state index in [0.717, 1.165) is 43.4 Å². The smallest absolute Gasteiger partial charge is 0.243 e. The number of aromatic nitrogens is 1. The number of nitrogens with one attached hydrogen (secondary N) is 1. The van der Waals surface area contributed by atoms with Gasteiger partial charge in [0.2, 0.25) is 15.9 Å². The summed E-state index contributed by atoms with van der Waals surface area (Å²) >= 11 is 1.37. The molecule has 1 aromatic carbocycles. The van der Waals surface area contributed by atoms with Gasteiger partial charge >= 0.3 is 0 Å². The number of sulfonamides is 1. The quantitative estimate of drug-likeness (QED) is 0.714. The highest BCUT2D eigenvalue weighted by Crippen LogP contribution is 2.29. The van der Waals surface area contributed by atoms with Crippen molar-refractivity contribution in [3.63, 3.8) is 0 Å². The highest BCUT2D eigenvalue weighted by atomic mass is 32.2. The molecule has 1 N–H and O–H groups in total. The van der Waals surface area contributed by atoms with Gasteiger partial charge in [0.1, 0.15) is 0 Å². The molecule has 1 amide bonds. The maximum atomic E-state index is 12.9. The van der Waals surface area contributed by atoms with Gasteiger partial charge in [-0.3, -0.25) is 4.79 Å². The van der Waals surface area contributed by atoms with Crippen LogP contribution in [0.25, 0.3) is 11.3 Å². The predicted octanol–water partition coefficient (Wildman–Crippen LogP) is 4.50. The number of benzene rings is 1. The molecule has 152 valence electrons. The fraction of sp³-hybridized carbons (Fsp3) is 0.500. The van der Waals surface area contributed by atoms with E-state index in [1.807, 2.05) is 19.2 Å². The maximum absolute atomic E-state index is 12.9. The molecule has 6 nitrogen and oxygen atoms in total. The molecule has 28 heavy (non-hydrogen) atoms. The maximum Gasteiger partial charge on any atom is 0.243 e. The first kappa shape index (κ1) is 21.0. The van der Waals surface area contributed by atoms with Crippen molar-refractivity contribution in [2.24, 2.45) is 0 Å². The summed E-state index contributed by atoms with van der Waals surface area (Å²) in [4.78, 5) is 16.6. The van der Waals surface area contributed by atoms with Gasteiger partial charge in [0.25, 0.3) is 0 Å². The minimum absolute atomic E-state index is 0.0279. The summed E-state index contributed by atoms with van der Waals surface area (Å²) in [5, 5.41) is 5.25. The zero-order valence-corrected chi connectivity index (χ0v) is 18.0. The van der Waals surface area contributed by atoms with Crippen LogP contribution in [0.4, 0.5) is 5.13 Å². The molecule has 2 aromatic rings. The van der Waals surface area contributed by atoms with Crippen LogP contribution in [0.5, 0.6) is 0 Å². The number of rotatable bonds is 7. The summed E-state index contributed by atoms with van der Waals surface area (Å²) in [6, 6.07) is 6.88. The molecule has 1 aliphatic rings. The summed E-state index contributed by atoms with van der Waals surface area (Å²) < 4.78 is 27.5. The average Bonchev–Trinajstić information content (AvgIpc) is 3.15. The first-order valence-electron chi connectivity index (χ1n) is 9.79. The number of thiazole rings is 1. The largest absolute Gasteiger partial charge is 0.302 e. The van der Waals surface area contributed by atoms with Gasteiger partial charge < -0.3 is 5.32 Å². The number of amides is 1. The molecule has 1 saturated heterocycles. The molecule has 1 atom stereocenters. The predicted molar refractivity (Wildman–Crippen MR) is 113 cm³/mol. The first-order chi connectivity index (χ1) is 13.4. The molecule has 0 spiro atoms. The zero-order valence-electron chi connectivity index (χ0n) is 16.3. The molecule has 0 aliphatic carbocycles. The Kier molecular flexibility index (Phi) is 6.85. The van der Waals surface area contributed by atoms with Gasteiger partial charge in [-0.25, -0.2) is 13.4 Å². The van der Waals surface area contributed by atoms with Crippen molar-refractivity contribution in [3.8, 4) is 11.3 Å². The lowest BCUT2D eigenvalue weighted by Gasteiger charge is -2.32. The molecule has 0 radical (unpaired) electrons. The Balaban J connectivity index is 1.72. The van der Waals surface area contributed by atoms with Crippen LogP contribution < -0.4 is 5.32 Å². The van der Waals surface area contributed by atoms with Crippen LogP contribution in [0.1, 0.15) is 52.4 Å². The van der Waals surface area contributed by atoms with Crippen LogP contribution in [-0.4, -0.2) is 36.2 Å². The van der Waals surface area contributed by atoms with Crippen LogP contribution in [0, 0.1) is 0 Å². The molecule has 8 heteroatoms. The van der Waals surface area contributed by atoms with Crippen molar-refractivity contribution in [1.82, 2.24) is 9.29 Å². The lowest BCUT2D eigenvalue weighted by Crippen LogP contribution is -2.41. The molecule has 1 unspecified atom stereocenters. The Labute approximate surface area is 171 Å². The van der Waals surface area contributed by atoms with E-state index in [1.165, 1.54) is 11.3 Å². The Morgan fingerprint density at radius 2 is 2.04 bits per heavy atom. The van der Waals surface area contributed by atoms with Crippen LogP contribution >= 0.6 is 11.3 Å². The number of anilines is 1. The van der Waals surface area contributed by atoms with Gasteiger partial charge in [-0.05, 0) is 38.3 Å². The van der Waals surface area contributed by atoms with E-state index in [2.05, 4.69) is 10.3 Å². The topological polar surface area (TPSA) is 79.4 Å². The lowest BCUT2D eigenvalue weighted by molar-refractivity contribution is -0.116. The van der Waals surface area contributed by atoms with Gasteiger partial charge in [0, 0.05) is 30.0 Å². The normalized spacial score (nSPS) is 18.1. The number of unbranched alkanes of at least 4 members (excludes halogenated alkanes) is 1. The lowest BCUT2D eigenvalue weighted by atomic mass is 10.1. The number of piperidine rings is 1. The average molecular weight is 422 g/mol. The van der Waals surface area contributed by atoms with E-state index >= 15 is 0 Å². The minimum atomic E-state index is -3.47. The number of carbonyl (C=O) groups excluding carboxylic acids is 1. The minimum Gasteiger partial charge on any atom is -0.302 e. The number of hydrogen-bond donors (Lipinski definition) is 1. The monoisotopic (exact) mass is 421 g/mol. The first-order valence-corrected chi connectivity index (χ1v) is 12.1. The van der Waals surface area contributed by atoms with E-state index in [9.17, 15) is 13.2 Å². The SMILES string of the molecule is CCCCC(=O)Nc1nc(-c2ccc(S(=O)(=O)N3CCCCC3C)cc2)cs1. The standard InChI is InChI=1S/C20H27N3O3S2/c1-3-4-8-19(24)22-20-21-18(14-27-20)16-9-11-17(12-10-16)28(25,26)23-13-6-5-7-15(23)2/h9-12,14-15H,3-8,13H2,1-2H3,(H,21,22,24). The second kappa shape index (κ2) is 9.15. The van der Waals surface area contributed by atoms with Crippen LogP contribution in [0.2, 0.25) is 0 Å². The summed E-state index contributed by atoms with van der Waals surface area (Å²) in [5.74, 6) is -0.0279. The molecule has 1 fully saturated rings. The fourth-order valence-electron chi connectivity index (χ4n) is 3.34. The second-order valence-electron chi connectivity index (χ2n) is 7.17. The van der Waals surface area contributed by atoms with Crippen molar-refractivity contribution in [1.29, 1.82) is 0 Å². The summed E-state index contributed by atoms with van der Waals surface area (Å²) in [5.41, 5.74) is 1.56. The molecule has 3 rings (SSSR count). The summed E-state index contributed by atoms with van der Waals surface area (Å²) in [7, 11) is -3.47. The summed E-state index contributed by atoms with van der Waals surface area (Å²) in [6.07, 6.45) is 5.22. The van der Waals surface area contributed by atoms with Crippen molar-refractivity contribution < 1.29 is 13.2 Å². The molecule has 1 aliphatic heterocycles. The Morgan fingerprint density at radius 3 is 2.71 bits per heavy atom. The highest BCUT2D eigenvalue weighted by molar-refractivity contribution is 7.89. The van der Waals surface area contributed by atoms with Gasteiger partial charge in [-0.15, -0.1) is 11.3 Å². The van der Waals surface area contributed by atoms with Crippen molar-refractivity contribution in [3.05, 3.63) is 29.6 Å². The zero-order chi connectivity index (χ0) is 20.1. The van der Waals surface area contributed by atoms with Gasteiger partial charge in [0.15, 0.2) is 5.13 Å². The molecule has 0 bridgehead atoms. The van der Waals surface area contributed by atoms with E-state index < -0.39 is 10.0 Å². The van der Waals surface area contributed by atoms with Crippen LogP contribution in [0.3, 0.4) is 0 Å². The van der Waals surface area contributed by atoms with E-state index in [4.69, 9.17) is 0 Å². The van der Waals surface area contributed by atoms with E-state index in [-0.39, 0.29) is 11.9 Å². The third-order valence-corrected chi connectivity index (χ3v) is 7.79. The third kappa shape index (κ3) is 4.79. The van der Waals surface area contributed by atoms with Crippen LogP contribution in [0.15, 0.2) is 34.5 Å².